The Balaban J connectivity index is 2.26. The topological polar surface area (TPSA) is 52.6 Å². The Morgan fingerprint density at radius 2 is 2.17 bits per heavy atom. The first kappa shape index (κ1) is 12.2. The number of halogens is 2. The van der Waals surface area contributed by atoms with Gasteiger partial charge >= 0.3 is 7.47 Å². The fourth-order valence-electron chi connectivity index (χ4n) is 1.30. The third-order valence-electron chi connectivity index (χ3n) is 2.05. The molecule has 0 saturated heterocycles. The largest absolute Gasteiger partial charge is 0.796 e. The van der Waals surface area contributed by atoms with E-state index in [1.165, 1.54) is 37.0 Å². The van der Waals surface area contributed by atoms with Gasteiger partial charge in [-0.05, 0) is 18.2 Å². The van der Waals surface area contributed by atoms with E-state index in [0.29, 0.717) is 0 Å². The van der Waals surface area contributed by atoms with Crippen molar-refractivity contribution in [2.45, 2.75) is 0 Å². The Morgan fingerprint density at radius 3 is 2.72 bits per heavy atom. The van der Waals surface area contributed by atoms with Gasteiger partial charge in [0.05, 0.1) is 18.1 Å². The number of allylic oxidation sites excluding steroid dienone is 1. The highest BCUT2D eigenvalue weighted by Gasteiger charge is 2.22. The maximum absolute atomic E-state index is 12.2. The number of hydrogen-bond acceptors (Lipinski definition) is 4. The van der Waals surface area contributed by atoms with Crippen LogP contribution in [0.3, 0.4) is 0 Å². The van der Waals surface area contributed by atoms with Crippen LogP contribution in [0.25, 0.3) is 5.76 Å². The van der Waals surface area contributed by atoms with E-state index in [0.717, 1.165) is 6.08 Å². The standard InChI is InChI=1S/C11H7BF2O4/c13-12(14)18-11(8-3-5-16-7-8)6-9(15)10-2-1-4-17-10/h1-7H/b11-6-. The first-order valence-electron chi connectivity index (χ1n) is 4.93. The molecular formula is C11H7BF2O4. The van der Waals surface area contributed by atoms with Crippen molar-refractivity contribution < 1.29 is 26.9 Å². The van der Waals surface area contributed by atoms with Crippen LogP contribution in [0.4, 0.5) is 8.63 Å². The smallest absolute Gasteiger partial charge is 0.504 e. The van der Waals surface area contributed by atoms with Crippen molar-refractivity contribution in [1.82, 2.24) is 0 Å². The highest BCUT2D eigenvalue weighted by molar-refractivity contribution is 6.36. The summed E-state index contributed by atoms with van der Waals surface area (Å²) in [6, 6.07) is 4.35. The molecule has 0 fully saturated rings. The van der Waals surface area contributed by atoms with E-state index in [1.807, 2.05) is 0 Å². The van der Waals surface area contributed by atoms with Crippen LogP contribution in [0.15, 0.2) is 51.9 Å². The molecule has 0 amide bonds. The van der Waals surface area contributed by atoms with Crippen LogP contribution in [-0.2, 0) is 4.65 Å². The number of carbonyl (C=O) groups excluding carboxylic acids is 1. The highest BCUT2D eigenvalue weighted by Crippen LogP contribution is 2.19. The third kappa shape index (κ3) is 2.88. The first-order valence-corrected chi connectivity index (χ1v) is 4.93. The van der Waals surface area contributed by atoms with E-state index in [1.54, 1.807) is 0 Å². The van der Waals surface area contributed by atoms with Gasteiger partial charge in [0.1, 0.15) is 12.0 Å². The second-order valence-corrected chi connectivity index (χ2v) is 3.24. The lowest BCUT2D eigenvalue weighted by atomic mass is 10.2. The maximum atomic E-state index is 12.2. The molecule has 0 aromatic carbocycles. The van der Waals surface area contributed by atoms with Crippen molar-refractivity contribution in [1.29, 1.82) is 0 Å². The zero-order valence-electron chi connectivity index (χ0n) is 9.01. The second-order valence-electron chi connectivity index (χ2n) is 3.24. The van der Waals surface area contributed by atoms with E-state index in [2.05, 4.69) is 4.65 Å². The molecule has 0 atom stereocenters. The Kier molecular flexibility index (Phi) is 3.61. The fraction of sp³-hybridized carbons (Fsp3) is 0. The molecule has 7 heteroatoms. The van der Waals surface area contributed by atoms with Crippen LogP contribution in [0, 0.1) is 0 Å². The Hall–Kier alpha value is -2.31. The predicted octanol–water partition coefficient (Wildman–Crippen LogP) is 3.04. The van der Waals surface area contributed by atoms with Crippen molar-refractivity contribution in [3.8, 4) is 0 Å². The molecule has 0 aliphatic heterocycles. The minimum Gasteiger partial charge on any atom is -0.504 e. The molecule has 92 valence electrons. The van der Waals surface area contributed by atoms with Gasteiger partial charge in [-0.1, -0.05) is 0 Å². The lowest BCUT2D eigenvalue weighted by Gasteiger charge is -2.04. The normalized spacial score (nSPS) is 11.3. The van der Waals surface area contributed by atoms with Crippen molar-refractivity contribution in [2.24, 2.45) is 0 Å². The van der Waals surface area contributed by atoms with Crippen LogP contribution in [0.5, 0.6) is 0 Å². The first-order chi connectivity index (χ1) is 8.66. The van der Waals surface area contributed by atoms with Crippen molar-refractivity contribution in [3.05, 3.63) is 54.4 Å². The lowest BCUT2D eigenvalue weighted by molar-refractivity contribution is 0.102. The number of hydrogen-bond donors (Lipinski definition) is 0. The molecule has 0 bridgehead atoms. The van der Waals surface area contributed by atoms with Crippen LogP contribution in [0.2, 0.25) is 0 Å². The summed E-state index contributed by atoms with van der Waals surface area (Å²) in [5.74, 6) is -0.814. The van der Waals surface area contributed by atoms with Gasteiger partial charge in [-0.15, -0.1) is 0 Å². The summed E-state index contributed by atoms with van der Waals surface area (Å²) >= 11 is 0. The van der Waals surface area contributed by atoms with Gasteiger partial charge in [0.2, 0.25) is 5.78 Å². The molecule has 2 aromatic rings. The average Bonchev–Trinajstić information content (AvgIpc) is 3.01. The van der Waals surface area contributed by atoms with Gasteiger partial charge in [0, 0.05) is 6.08 Å². The number of rotatable bonds is 5. The van der Waals surface area contributed by atoms with Crippen molar-refractivity contribution in [3.63, 3.8) is 0 Å². The summed E-state index contributed by atoms with van der Waals surface area (Å²) in [6.45, 7) is 0. The summed E-state index contributed by atoms with van der Waals surface area (Å²) in [5.41, 5.74) is 0.246. The molecule has 0 radical (unpaired) electrons. The third-order valence-corrected chi connectivity index (χ3v) is 2.05. The minimum absolute atomic E-state index is 0.0360. The summed E-state index contributed by atoms with van der Waals surface area (Å²) < 4.78 is 38.4. The molecule has 18 heavy (non-hydrogen) atoms. The molecule has 0 spiro atoms. The SMILES string of the molecule is O=C(/C=C(\OB(F)F)c1ccoc1)c1ccco1. The molecule has 0 N–H and O–H groups in total. The van der Waals surface area contributed by atoms with Crippen LogP contribution < -0.4 is 0 Å². The van der Waals surface area contributed by atoms with Crippen LogP contribution in [-0.4, -0.2) is 13.3 Å². The van der Waals surface area contributed by atoms with E-state index in [-0.39, 0.29) is 17.1 Å². The molecule has 0 aliphatic rings. The number of carbonyl (C=O) groups is 1. The van der Waals surface area contributed by atoms with Gasteiger partial charge in [0.25, 0.3) is 0 Å². The van der Waals surface area contributed by atoms with Gasteiger partial charge in [-0.2, -0.15) is 0 Å². The second kappa shape index (κ2) is 5.35. The molecule has 2 aromatic heterocycles. The quantitative estimate of drug-likeness (QED) is 0.355. The van der Waals surface area contributed by atoms with E-state index in [9.17, 15) is 13.4 Å². The molecule has 0 aliphatic carbocycles. The number of furan rings is 2. The molecule has 0 unspecified atom stereocenters. The molecule has 2 heterocycles. The van der Waals surface area contributed by atoms with Gasteiger partial charge in [-0.3, -0.25) is 4.79 Å². The fourth-order valence-corrected chi connectivity index (χ4v) is 1.30. The summed E-state index contributed by atoms with van der Waals surface area (Å²) in [6.07, 6.45) is 4.72. The van der Waals surface area contributed by atoms with E-state index < -0.39 is 13.3 Å². The zero-order chi connectivity index (χ0) is 13.0. The van der Waals surface area contributed by atoms with Crippen LogP contribution in [0.1, 0.15) is 16.1 Å². The highest BCUT2D eigenvalue weighted by atomic mass is 19.2. The van der Waals surface area contributed by atoms with Crippen LogP contribution >= 0.6 is 0 Å². The minimum atomic E-state index is -3.03. The summed E-state index contributed by atoms with van der Waals surface area (Å²) in [4.78, 5) is 11.7. The Labute approximate surface area is 101 Å². The van der Waals surface area contributed by atoms with Crippen molar-refractivity contribution in [2.75, 3.05) is 0 Å². The summed E-state index contributed by atoms with van der Waals surface area (Å²) in [7, 11) is -3.03. The average molecular weight is 252 g/mol. The van der Waals surface area contributed by atoms with Crippen molar-refractivity contribution >= 4 is 19.0 Å². The Morgan fingerprint density at radius 1 is 1.33 bits per heavy atom. The molecule has 4 nitrogen and oxygen atoms in total. The maximum Gasteiger partial charge on any atom is 0.796 e. The molecular weight excluding hydrogens is 245 g/mol. The number of ketones is 1. The molecule has 2 rings (SSSR count). The monoisotopic (exact) mass is 252 g/mol. The molecule has 0 saturated carbocycles. The van der Waals surface area contributed by atoms with E-state index in [4.69, 9.17) is 8.83 Å². The lowest BCUT2D eigenvalue weighted by Crippen LogP contribution is -2.05. The summed E-state index contributed by atoms with van der Waals surface area (Å²) in [5, 5.41) is 0. The van der Waals surface area contributed by atoms with Gasteiger partial charge < -0.3 is 13.5 Å². The zero-order valence-corrected chi connectivity index (χ0v) is 9.01. The van der Waals surface area contributed by atoms with E-state index >= 15 is 0 Å². The Bertz CT molecular complexity index is 531. The van der Waals surface area contributed by atoms with Gasteiger partial charge in [0.15, 0.2) is 5.76 Å². The predicted molar refractivity (Wildman–Crippen MR) is 58.8 cm³/mol. The van der Waals surface area contributed by atoms with Gasteiger partial charge in [-0.25, -0.2) is 8.63 Å².